The van der Waals surface area contributed by atoms with Gasteiger partial charge in [-0.05, 0) is 30.3 Å². The van der Waals surface area contributed by atoms with Gasteiger partial charge >= 0.3 is 0 Å². The van der Waals surface area contributed by atoms with Crippen molar-refractivity contribution in [1.29, 1.82) is 0 Å². The highest BCUT2D eigenvalue weighted by atomic mass is 35.5. The Bertz CT molecular complexity index is 1040. The van der Waals surface area contributed by atoms with Crippen LogP contribution in [-0.4, -0.2) is 73.0 Å². The molecule has 0 saturated carbocycles. The Kier molecular flexibility index (Phi) is 6.72. The molecule has 3 amide bonds. The van der Waals surface area contributed by atoms with Crippen molar-refractivity contribution in [2.45, 2.75) is 6.10 Å². The fourth-order valence-electron chi connectivity index (χ4n) is 3.56. The summed E-state index contributed by atoms with van der Waals surface area (Å²) in [6, 6.07) is 11.7. The molecule has 0 spiro atoms. The van der Waals surface area contributed by atoms with Gasteiger partial charge in [-0.1, -0.05) is 35.3 Å². The smallest absolute Gasteiger partial charge is 0.267 e. The Balaban J connectivity index is 1.25. The molecule has 1 fully saturated rings. The van der Waals surface area contributed by atoms with E-state index in [0.29, 0.717) is 42.7 Å². The fraction of sp³-hybridized carbons (Fsp3) is 0.318. The van der Waals surface area contributed by atoms with E-state index in [0.717, 1.165) is 0 Å². The van der Waals surface area contributed by atoms with Crippen LogP contribution in [-0.2, 0) is 9.59 Å². The van der Waals surface area contributed by atoms with Crippen LogP contribution in [0.2, 0.25) is 10.0 Å². The summed E-state index contributed by atoms with van der Waals surface area (Å²) < 4.78 is 11.4. The molecule has 2 heterocycles. The number of nitrogens with one attached hydrogen (secondary N) is 1. The molecule has 2 aliphatic heterocycles. The number of piperazine rings is 1. The lowest BCUT2D eigenvalue weighted by molar-refractivity contribution is -0.146. The second-order valence-corrected chi connectivity index (χ2v) is 8.22. The number of fused-ring (bicyclic) bond motifs is 1. The lowest BCUT2D eigenvalue weighted by Crippen LogP contribution is -2.56. The number of rotatable bonds is 4. The van der Waals surface area contributed by atoms with Gasteiger partial charge in [0.05, 0.1) is 17.1 Å². The Morgan fingerprint density at radius 1 is 0.969 bits per heavy atom. The Morgan fingerprint density at radius 2 is 1.66 bits per heavy atom. The first-order valence-corrected chi connectivity index (χ1v) is 10.9. The van der Waals surface area contributed by atoms with Crippen LogP contribution in [0.4, 0.5) is 0 Å². The van der Waals surface area contributed by atoms with Gasteiger partial charge in [-0.2, -0.15) is 0 Å². The molecule has 0 aromatic heterocycles. The van der Waals surface area contributed by atoms with Crippen molar-refractivity contribution < 1.29 is 23.9 Å². The summed E-state index contributed by atoms with van der Waals surface area (Å²) in [5.41, 5.74) is 0.246. The third kappa shape index (κ3) is 4.92. The molecule has 0 radical (unpaired) electrons. The van der Waals surface area contributed by atoms with Gasteiger partial charge in [0.1, 0.15) is 6.61 Å². The second-order valence-electron chi connectivity index (χ2n) is 7.38. The predicted molar refractivity (Wildman–Crippen MR) is 118 cm³/mol. The number of carbonyl (C=O) groups is 3. The zero-order valence-electron chi connectivity index (χ0n) is 17.1. The average molecular weight is 478 g/mol. The van der Waals surface area contributed by atoms with Gasteiger partial charge in [0.2, 0.25) is 12.0 Å². The zero-order chi connectivity index (χ0) is 22.7. The van der Waals surface area contributed by atoms with E-state index in [4.69, 9.17) is 32.7 Å². The van der Waals surface area contributed by atoms with Crippen LogP contribution >= 0.6 is 23.2 Å². The third-order valence-electron chi connectivity index (χ3n) is 5.30. The molecule has 0 bridgehead atoms. The van der Waals surface area contributed by atoms with Crippen molar-refractivity contribution in [2.75, 3.05) is 39.3 Å². The lowest BCUT2D eigenvalue weighted by atomic mass is 10.2. The maximum atomic E-state index is 12.8. The molecule has 32 heavy (non-hydrogen) atoms. The van der Waals surface area contributed by atoms with Crippen LogP contribution in [0, 0.1) is 0 Å². The van der Waals surface area contributed by atoms with Crippen LogP contribution in [0.5, 0.6) is 11.5 Å². The number of hydrogen-bond acceptors (Lipinski definition) is 5. The molecule has 168 valence electrons. The van der Waals surface area contributed by atoms with Crippen LogP contribution in [0.1, 0.15) is 10.4 Å². The first-order valence-electron chi connectivity index (χ1n) is 10.1. The molecule has 1 N–H and O–H groups in total. The normalized spacial score (nSPS) is 17.6. The Morgan fingerprint density at radius 3 is 2.38 bits per heavy atom. The summed E-state index contributed by atoms with van der Waals surface area (Å²) in [6.07, 6.45) is -0.712. The first-order chi connectivity index (χ1) is 15.4. The predicted octanol–water partition coefficient (Wildman–Crippen LogP) is 2.23. The minimum absolute atomic E-state index is 0.147. The molecular weight excluding hydrogens is 457 g/mol. The number of nitrogens with zero attached hydrogens (tertiary/aromatic N) is 2. The van der Waals surface area contributed by atoms with Gasteiger partial charge in [-0.15, -0.1) is 0 Å². The zero-order valence-corrected chi connectivity index (χ0v) is 18.6. The molecule has 10 heteroatoms. The molecule has 2 aliphatic rings. The van der Waals surface area contributed by atoms with Gasteiger partial charge < -0.3 is 24.6 Å². The van der Waals surface area contributed by atoms with Gasteiger partial charge in [0.15, 0.2) is 11.5 Å². The summed E-state index contributed by atoms with van der Waals surface area (Å²) >= 11 is 11.9. The first kappa shape index (κ1) is 22.2. The summed E-state index contributed by atoms with van der Waals surface area (Å²) in [6.45, 7) is 1.47. The quantitative estimate of drug-likeness (QED) is 0.729. The van der Waals surface area contributed by atoms with Crippen LogP contribution < -0.4 is 14.8 Å². The summed E-state index contributed by atoms with van der Waals surface area (Å²) in [7, 11) is 0. The van der Waals surface area contributed by atoms with Crippen molar-refractivity contribution in [3.8, 4) is 11.5 Å². The molecular formula is C22H21Cl2N3O5. The monoisotopic (exact) mass is 477 g/mol. The van der Waals surface area contributed by atoms with Crippen LogP contribution in [0.25, 0.3) is 0 Å². The molecule has 1 saturated heterocycles. The molecule has 4 rings (SSSR count). The number of para-hydroxylation sites is 2. The number of amides is 3. The topological polar surface area (TPSA) is 88.2 Å². The van der Waals surface area contributed by atoms with Crippen molar-refractivity contribution in [3.63, 3.8) is 0 Å². The van der Waals surface area contributed by atoms with E-state index in [1.54, 1.807) is 28.0 Å². The average Bonchev–Trinajstić information content (AvgIpc) is 2.81. The van der Waals surface area contributed by atoms with Crippen molar-refractivity contribution >= 4 is 40.9 Å². The van der Waals surface area contributed by atoms with Gasteiger partial charge in [-0.25, -0.2) is 0 Å². The molecule has 8 nitrogen and oxygen atoms in total. The molecule has 1 unspecified atom stereocenters. The largest absolute Gasteiger partial charge is 0.485 e. The highest BCUT2D eigenvalue weighted by Crippen LogP contribution is 2.31. The van der Waals surface area contributed by atoms with E-state index < -0.39 is 12.0 Å². The summed E-state index contributed by atoms with van der Waals surface area (Å²) in [4.78, 5) is 40.9. The van der Waals surface area contributed by atoms with E-state index in [2.05, 4.69) is 5.32 Å². The van der Waals surface area contributed by atoms with E-state index in [-0.39, 0.29) is 35.6 Å². The fourth-order valence-corrected chi connectivity index (χ4v) is 4.05. The summed E-state index contributed by atoms with van der Waals surface area (Å²) in [5.74, 6) is 0.305. The lowest BCUT2D eigenvalue weighted by Gasteiger charge is -2.37. The maximum Gasteiger partial charge on any atom is 0.267 e. The van der Waals surface area contributed by atoms with Crippen molar-refractivity contribution in [2.24, 2.45) is 0 Å². The highest BCUT2D eigenvalue weighted by Gasteiger charge is 2.33. The Labute approximate surface area is 195 Å². The van der Waals surface area contributed by atoms with Crippen molar-refractivity contribution in [3.05, 3.63) is 58.1 Å². The molecule has 0 aliphatic carbocycles. The number of benzene rings is 2. The minimum atomic E-state index is -0.712. The maximum absolute atomic E-state index is 12.8. The Hall–Kier alpha value is -2.97. The SMILES string of the molecule is O=C(NCC(=O)N1CCN(C(=O)C2COc3ccccc3O2)CC1)c1ccc(Cl)cc1Cl. The third-order valence-corrected chi connectivity index (χ3v) is 5.85. The number of carbonyl (C=O) groups excluding carboxylic acids is 3. The molecule has 2 aromatic rings. The summed E-state index contributed by atoms with van der Waals surface area (Å²) in [5, 5.41) is 3.21. The van der Waals surface area contributed by atoms with Crippen LogP contribution in [0.15, 0.2) is 42.5 Å². The molecule has 2 aromatic carbocycles. The molecule has 1 atom stereocenters. The van der Waals surface area contributed by atoms with Gasteiger partial charge in [0.25, 0.3) is 11.8 Å². The standard InChI is InChI=1S/C22H21Cl2N3O5/c23-14-5-6-15(16(24)11-14)21(29)25-12-20(28)26-7-9-27(10-8-26)22(30)19-13-31-17-3-1-2-4-18(17)32-19/h1-6,11,19H,7-10,12-13H2,(H,25,29). The second kappa shape index (κ2) is 9.67. The van der Waals surface area contributed by atoms with E-state index in [1.807, 2.05) is 12.1 Å². The van der Waals surface area contributed by atoms with Gasteiger partial charge in [-0.3, -0.25) is 14.4 Å². The number of halogens is 2. The van der Waals surface area contributed by atoms with Crippen molar-refractivity contribution in [1.82, 2.24) is 15.1 Å². The number of ether oxygens (including phenoxy) is 2. The van der Waals surface area contributed by atoms with E-state index in [9.17, 15) is 14.4 Å². The van der Waals surface area contributed by atoms with Gasteiger partial charge in [0, 0.05) is 31.2 Å². The van der Waals surface area contributed by atoms with Crippen LogP contribution in [0.3, 0.4) is 0 Å². The minimum Gasteiger partial charge on any atom is -0.485 e. The van der Waals surface area contributed by atoms with E-state index in [1.165, 1.54) is 12.1 Å². The highest BCUT2D eigenvalue weighted by molar-refractivity contribution is 6.36. The number of hydrogen-bond donors (Lipinski definition) is 1. The van der Waals surface area contributed by atoms with E-state index >= 15 is 0 Å².